The lowest BCUT2D eigenvalue weighted by Gasteiger charge is -2.40. The summed E-state index contributed by atoms with van der Waals surface area (Å²) in [5.74, 6) is 0. The second-order valence-electron chi connectivity index (χ2n) is 4.65. The van der Waals surface area contributed by atoms with Crippen molar-refractivity contribution in [2.45, 2.75) is 64.4 Å². The van der Waals surface area contributed by atoms with Crippen molar-refractivity contribution < 1.29 is 9.47 Å². The Labute approximate surface area is 94.3 Å². The average molecular weight is 214 g/mol. The van der Waals surface area contributed by atoms with Crippen LogP contribution in [0.1, 0.15) is 58.8 Å². The summed E-state index contributed by atoms with van der Waals surface area (Å²) in [5, 5.41) is 0. The molecule has 1 heterocycles. The first-order valence-corrected chi connectivity index (χ1v) is 6.55. The van der Waals surface area contributed by atoms with Crippen molar-refractivity contribution in [1.29, 1.82) is 0 Å². The predicted octanol–water partition coefficient (Wildman–Crippen LogP) is 3.54. The molecular weight excluding hydrogens is 188 g/mol. The first kappa shape index (κ1) is 13.0. The van der Waals surface area contributed by atoms with Gasteiger partial charge in [0.2, 0.25) is 0 Å². The summed E-state index contributed by atoms with van der Waals surface area (Å²) < 4.78 is 11.1. The number of hydrogen-bond donors (Lipinski definition) is 0. The topological polar surface area (TPSA) is 18.5 Å². The Balaban J connectivity index is 1.88. The molecule has 0 unspecified atom stereocenters. The lowest BCUT2D eigenvalue weighted by Crippen LogP contribution is -2.51. The Kier molecular flexibility index (Phi) is 6.26. The van der Waals surface area contributed by atoms with Crippen LogP contribution in [0.25, 0.3) is 0 Å². The molecule has 2 nitrogen and oxygen atoms in total. The van der Waals surface area contributed by atoms with Crippen LogP contribution in [0.3, 0.4) is 0 Å². The monoisotopic (exact) mass is 214 g/mol. The maximum atomic E-state index is 5.90. The van der Waals surface area contributed by atoms with Crippen molar-refractivity contribution in [1.82, 2.24) is 0 Å². The maximum absolute atomic E-state index is 5.90. The molecule has 90 valence electrons. The first-order valence-electron chi connectivity index (χ1n) is 6.55. The summed E-state index contributed by atoms with van der Waals surface area (Å²) in [6, 6.07) is 0. The fourth-order valence-corrected chi connectivity index (χ4v) is 1.89. The zero-order valence-electron chi connectivity index (χ0n) is 10.4. The highest BCUT2D eigenvalue weighted by Gasteiger charge is 2.37. The van der Waals surface area contributed by atoms with Crippen molar-refractivity contribution in [2.24, 2.45) is 0 Å². The molecule has 0 aromatic heterocycles. The maximum Gasteiger partial charge on any atom is 0.114 e. The molecule has 0 spiro atoms. The lowest BCUT2D eigenvalue weighted by atomic mass is 9.99. The van der Waals surface area contributed by atoms with Crippen LogP contribution in [0.5, 0.6) is 0 Å². The Morgan fingerprint density at radius 2 is 1.67 bits per heavy atom. The van der Waals surface area contributed by atoms with Gasteiger partial charge in [-0.25, -0.2) is 0 Å². The molecule has 0 aromatic rings. The highest BCUT2D eigenvalue weighted by molar-refractivity contribution is 4.85. The Hall–Kier alpha value is -0.0800. The van der Waals surface area contributed by atoms with Crippen LogP contribution >= 0.6 is 0 Å². The third kappa shape index (κ3) is 4.52. The number of unbranched alkanes of at least 4 members (excludes halogenated alkanes) is 5. The van der Waals surface area contributed by atoms with E-state index in [9.17, 15) is 0 Å². The Bertz CT molecular complexity index is 147. The fraction of sp³-hybridized carbons (Fsp3) is 1.00. The largest absolute Gasteiger partial charge is 0.375 e. The minimum atomic E-state index is 0.0867. The molecule has 0 atom stereocenters. The fourth-order valence-electron chi connectivity index (χ4n) is 1.89. The second kappa shape index (κ2) is 7.24. The zero-order chi connectivity index (χ0) is 11.0. The van der Waals surface area contributed by atoms with E-state index in [-0.39, 0.29) is 5.60 Å². The second-order valence-corrected chi connectivity index (χ2v) is 4.65. The molecule has 0 aliphatic carbocycles. The summed E-state index contributed by atoms with van der Waals surface area (Å²) in [7, 11) is 0. The molecule has 1 aliphatic rings. The highest BCUT2D eigenvalue weighted by atomic mass is 16.6. The smallest absolute Gasteiger partial charge is 0.114 e. The molecule has 1 rings (SSSR count). The van der Waals surface area contributed by atoms with Crippen molar-refractivity contribution in [2.75, 3.05) is 19.8 Å². The van der Waals surface area contributed by atoms with E-state index < -0.39 is 0 Å². The van der Waals surface area contributed by atoms with Crippen molar-refractivity contribution in [3.63, 3.8) is 0 Å². The lowest BCUT2D eigenvalue weighted by molar-refractivity contribution is -0.211. The van der Waals surface area contributed by atoms with E-state index in [1.54, 1.807) is 0 Å². The predicted molar refractivity (Wildman–Crippen MR) is 63.2 cm³/mol. The van der Waals surface area contributed by atoms with Crippen LogP contribution in [0.4, 0.5) is 0 Å². The van der Waals surface area contributed by atoms with Gasteiger partial charge in [-0.15, -0.1) is 0 Å². The number of ether oxygens (including phenoxy) is 2. The molecule has 0 radical (unpaired) electrons. The quantitative estimate of drug-likeness (QED) is 0.546. The summed E-state index contributed by atoms with van der Waals surface area (Å²) in [4.78, 5) is 0. The summed E-state index contributed by atoms with van der Waals surface area (Å²) >= 11 is 0. The third-order valence-corrected chi connectivity index (χ3v) is 3.28. The van der Waals surface area contributed by atoms with Gasteiger partial charge >= 0.3 is 0 Å². The van der Waals surface area contributed by atoms with Crippen LogP contribution in [0, 0.1) is 0 Å². The first-order chi connectivity index (χ1) is 7.33. The van der Waals surface area contributed by atoms with Gasteiger partial charge in [-0.05, 0) is 12.8 Å². The Morgan fingerprint density at radius 3 is 2.20 bits per heavy atom. The van der Waals surface area contributed by atoms with Crippen LogP contribution in [-0.2, 0) is 9.47 Å². The van der Waals surface area contributed by atoms with E-state index in [1.165, 1.54) is 38.5 Å². The molecule has 0 N–H and O–H groups in total. The molecule has 0 aromatic carbocycles. The molecule has 1 saturated heterocycles. The van der Waals surface area contributed by atoms with Gasteiger partial charge in [0.05, 0.1) is 13.2 Å². The van der Waals surface area contributed by atoms with Crippen LogP contribution in [-0.4, -0.2) is 25.4 Å². The van der Waals surface area contributed by atoms with Crippen molar-refractivity contribution >= 4 is 0 Å². The van der Waals surface area contributed by atoms with Gasteiger partial charge in [-0.2, -0.15) is 0 Å². The standard InChI is InChI=1S/C13H26O2/c1-3-5-6-7-8-9-10-15-13(4-2)11-14-12-13/h3-12H2,1-2H3. The van der Waals surface area contributed by atoms with Gasteiger partial charge in [0.25, 0.3) is 0 Å². The SMILES string of the molecule is CCCCCCCCOC1(CC)COC1. The normalized spacial score (nSPS) is 18.8. The molecule has 2 heteroatoms. The summed E-state index contributed by atoms with van der Waals surface area (Å²) in [5.41, 5.74) is 0.0867. The van der Waals surface area contributed by atoms with Gasteiger partial charge in [0, 0.05) is 6.61 Å². The zero-order valence-corrected chi connectivity index (χ0v) is 10.4. The van der Waals surface area contributed by atoms with Gasteiger partial charge in [0.1, 0.15) is 5.60 Å². The van der Waals surface area contributed by atoms with E-state index in [4.69, 9.17) is 9.47 Å². The third-order valence-electron chi connectivity index (χ3n) is 3.28. The van der Waals surface area contributed by atoms with E-state index in [2.05, 4.69) is 13.8 Å². The summed E-state index contributed by atoms with van der Waals surface area (Å²) in [6.07, 6.45) is 9.08. The Morgan fingerprint density at radius 1 is 1.00 bits per heavy atom. The summed E-state index contributed by atoms with van der Waals surface area (Å²) in [6.45, 7) is 6.97. The van der Waals surface area contributed by atoms with E-state index >= 15 is 0 Å². The van der Waals surface area contributed by atoms with Gasteiger partial charge in [-0.3, -0.25) is 0 Å². The highest BCUT2D eigenvalue weighted by Crippen LogP contribution is 2.25. The van der Waals surface area contributed by atoms with E-state index in [0.29, 0.717) is 0 Å². The molecule has 1 aliphatic heterocycles. The van der Waals surface area contributed by atoms with E-state index in [1.807, 2.05) is 0 Å². The minimum absolute atomic E-state index is 0.0867. The molecule has 0 saturated carbocycles. The molecule has 1 fully saturated rings. The van der Waals surface area contributed by atoms with Gasteiger partial charge < -0.3 is 9.47 Å². The van der Waals surface area contributed by atoms with Crippen molar-refractivity contribution in [3.8, 4) is 0 Å². The van der Waals surface area contributed by atoms with Crippen LogP contribution < -0.4 is 0 Å². The number of rotatable bonds is 9. The van der Waals surface area contributed by atoms with E-state index in [0.717, 1.165) is 26.2 Å². The van der Waals surface area contributed by atoms with Crippen LogP contribution in [0.2, 0.25) is 0 Å². The van der Waals surface area contributed by atoms with Gasteiger partial charge in [-0.1, -0.05) is 46.0 Å². The van der Waals surface area contributed by atoms with Crippen LogP contribution in [0.15, 0.2) is 0 Å². The minimum Gasteiger partial charge on any atom is -0.375 e. The molecule has 0 bridgehead atoms. The van der Waals surface area contributed by atoms with Crippen molar-refractivity contribution in [3.05, 3.63) is 0 Å². The molecular formula is C13H26O2. The average Bonchev–Trinajstić information content (AvgIpc) is 2.20. The van der Waals surface area contributed by atoms with Gasteiger partial charge in [0.15, 0.2) is 0 Å². The molecule has 15 heavy (non-hydrogen) atoms. The molecule has 0 amide bonds. The number of hydrogen-bond acceptors (Lipinski definition) is 2.